The Bertz CT molecular complexity index is 370. The normalized spacial score (nSPS) is 21.4. The van der Waals surface area contributed by atoms with Crippen molar-refractivity contribution in [2.45, 2.75) is 31.7 Å². The van der Waals surface area contributed by atoms with Crippen molar-refractivity contribution >= 4 is 0 Å². The zero-order chi connectivity index (χ0) is 9.97. The van der Waals surface area contributed by atoms with Gasteiger partial charge in [-0.15, -0.1) is 0 Å². The summed E-state index contributed by atoms with van der Waals surface area (Å²) in [4.78, 5) is 11.6. The Morgan fingerprint density at radius 3 is 3.07 bits per heavy atom. The topological polar surface area (TPSA) is 42.2 Å². The number of aromatic nitrogens is 1. The van der Waals surface area contributed by atoms with Gasteiger partial charge in [0.1, 0.15) is 0 Å². The number of aliphatic hydroxyl groups excluding tert-OH is 1. The van der Waals surface area contributed by atoms with E-state index in [4.69, 9.17) is 0 Å². The molecule has 3 nitrogen and oxygen atoms in total. The first-order chi connectivity index (χ1) is 6.83. The number of pyridine rings is 1. The van der Waals surface area contributed by atoms with Crippen LogP contribution in [0.4, 0.5) is 0 Å². The minimum atomic E-state index is -0.0128. The molecule has 0 radical (unpaired) electrons. The van der Waals surface area contributed by atoms with Crippen molar-refractivity contribution in [3.8, 4) is 0 Å². The van der Waals surface area contributed by atoms with E-state index in [2.05, 4.69) is 0 Å². The van der Waals surface area contributed by atoms with Crippen LogP contribution in [0.5, 0.6) is 0 Å². The fourth-order valence-corrected chi connectivity index (χ4v) is 2.15. The summed E-state index contributed by atoms with van der Waals surface area (Å²) in [7, 11) is 0. The maximum absolute atomic E-state index is 11.6. The molecule has 0 amide bonds. The van der Waals surface area contributed by atoms with Crippen LogP contribution < -0.4 is 5.56 Å². The average Bonchev–Trinajstić information content (AvgIpc) is 2.40. The minimum absolute atomic E-state index is 0.0128. The monoisotopic (exact) mass is 193 g/mol. The number of fused-ring (bicyclic) bond motifs is 1. The number of aryl methyl sites for hydroxylation is 1. The highest BCUT2D eigenvalue weighted by molar-refractivity contribution is 5.09. The molecule has 1 aromatic rings. The summed E-state index contributed by atoms with van der Waals surface area (Å²) in [6.07, 6.45) is 4.06. The Morgan fingerprint density at radius 1 is 1.43 bits per heavy atom. The maximum Gasteiger partial charge on any atom is 0.251 e. The van der Waals surface area contributed by atoms with Crippen LogP contribution in [-0.4, -0.2) is 16.3 Å². The number of hydrogen-bond donors (Lipinski definition) is 1. The molecule has 3 heteroatoms. The van der Waals surface area contributed by atoms with Gasteiger partial charge in [0.25, 0.3) is 5.56 Å². The van der Waals surface area contributed by atoms with Crippen molar-refractivity contribution in [1.29, 1.82) is 0 Å². The Kier molecular flexibility index (Phi) is 2.68. The molecular weight excluding hydrogens is 178 g/mol. The van der Waals surface area contributed by atoms with E-state index in [1.807, 2.05) is 6.07 Å². The molecule has 1 aliphatic rings. The summed E-state index contributed by atoms with van der Waals surface area (Å²) < 4.78 is 1.76. The van der Waals surface area contributed by atoms with Crippen LogP contribution in [0, 0.1) is 0 Å². The molecule has 1 unspecified atom stereocenters. The Hall–Kier alpha value is -1.09. The molecule has 0 saturated carbocycles. The second-order valence-corrected chi connectivity index (χ2v) is 3.81. The van der Waals surface area contributed by atoms with E-state index in [1.165, 1.54) is 0 Å². The van der Waals surface area contributed by atoms with Gasteiger partial charge >= 0.3 is 0 Å². The summed E-state index contributed by atoms with van der Waals surface area (Å²) in [6.45, 7) is 0.0664. The van der Waals surface area contributed by atoms with E-state index >= 15 is 0 Å². The Balaban J connectivity index is 2.51. The largest absolute Gasteiger partial charge is 0.394 e. The van der Waals surface area contributed by atoms with E-state index in [0.717, 1.165) is 31.4 Å². The molecule has 0 bridgehead atoms. The molecule has 1 N–H and O–H groups in total. The second-order valence-electron chi connectivity index (χ2n) is 3.81. The van der Waals surface area contributed by atoms with Crippen LogP contribution in [0.25, 0.3) is 0 Å². The number of rotatable bonds is 1. The second kappa shape index (κ2) is 3.96. The first-order valence-corrected chi connectivity index (χ1v) is 5.14. The highest BCUT2D eigenvalue weighted by Crippen LogP contribution is 2.20. The van der Waals surface area contributed by atoms with Crippen LogP contribution in [0.15, 0.2) is 23.0 Å². The van der Waals surface area contributed by atoms with Gasteiger partial charge in [-0.25, -0.2) is 0 Å². The lowest BCUT2D eigenvalue weighted by Crippen LogP contribution is -2.27. The molecule has 76 valence electrons. The zero-order valence-corrected chi connectivity index (χ0v) is 8.15. The van der Waals surface area contributed by atoms with E-state index in [9.17, 15) is 9.90 Å². The fraction of sp³-hybridized carbons (Fsp3) is 0.545. The maximum atomic E-state index is 11.6. The molecule has 0 aliphatic carbocycles. The third-order valence-electron chi connectivity index (χ3n) is 2.87. The summed E-state index contributed by atoms with van der Waals surface area (Å²) in [5.74, 6) is 0. The van der Waals surface area contributed by atoms with Crippen LogP contribution >= 0.6 is 0 Å². The van der Waals surface area contributed by atoms with Gasteiger partial charge < -0.3 is 9.67 Å². The fourth-order valence-electron chi connectivity index (χ4n) is 2.15. The van der Waals surface area contributed by atoms with Crippen LogP contribution in [-0.2, 0) is 6.42 Å². The molecule has 1 atom stereocenters. The number of nitrogens with zero attached hydrogens (tertiary/aromatic N) is 1. The third-order valence-corrected chi connectivity index (χ3v) is 2.87. The quantitative estimate of drug-likeness (QED) is 0.726. The van der Waals surface area contributed by atoms with Crippen molar-refractivity contribution in [3.63, 3.8) is 0 Å². The summed E-state index contributed by atoms with van der Waals surface area (Å²) in [6, 6.07) is 5.34. The van der Waals surface area contributed by atoms with Crippen LogP contribution in [0.3, 0.4) is 0 Å². The Labute approximate surface area is 83.0 Å². The van der Waals surface area contributed by atoms with E-state index in [0.29, 0.717) is 0 Å². The van der Waals surface area contributed by atoms with Crippen molar-refractivity contribution in [2.24, 2.45) is 0 Å². The molecule has 14 heavy (non-hydrogen) atoms. The SMILES string of the molecule is O=c1cccc2n1C(CO)CCCC2. The molecule has 1 aliphatic heterocycles. The highest BCUT2D eigenvalue weighted by atomic mass is 16.3. The van der Waals surface area contributed by atoms with Crippen molar-refractivity contribution in [1.82, 2.24) is 4.57 Å². The van der Waals surface area contributed by atoms with Gasteiger partial charge in [-0.1, -0.05) is 12.5 Å². The van der Waals surface area contributed by atoms with Gasteiger partial charge in [0.2, 0.25) is 0 Å². The van der Waals surface area contributed by atoms with Gasteiger partial charge in [0.15, 0.2) is 0 Å². The van der Waals surface area contributed by atoms with Gasteiger partial charge in [-0.2, -0.15) is 0 Å². The van der Waals surface area contributed by atoms with Crippen LogP contribution in [0.1, 0.15) is 31.0 Å². The molecule has 0 aromatic carbocycles. The molecule has 2 heterocycles. The molecule has 0 saturated heterocycles. The standard InChI is InChI=1S/C11H15NO2/c13-8-10-5-2-1-4-9-6-3-7-11(14)12(9)10/h3,6-7,10,13H,1-2,4-5,8H2. The predicted octanol–water partition coefficient (Wildman–Crippen LogP) is 1.11. The lowest BCUT2D eigenvalue weighted by Gasteiger charge is -2.17. The lowest BCUT2D eigenvalue weighted by molar-refractivity contribution is 0.217. The van der Waals surface area contributed by atoms with Gasteiger partial charge in [0, 0.05) is 11.8 Å². The van der Waals surface area contributed by atoms with Crippen molar-refractivity contribution in [3.05, 3.63) is 34.2 Å². The van der Waals surface area contributed by atoms with Gasteiger partial charge in [0.05, 0.1) is 12.6 Å². The molecule has 0 spiro atoms. The van der Waals surface area contributed by atoms with Crippen molar-refractivity contribution < 1.29 is 5.11 Å². The Morgan fingerprint density at radius 2 is 2.29 bits per heavy atom. The first-order valence-electron chi connectivity index (χ1n) is 5.14. The van der Waals surface area contributed by atoms with E-state index in [1.54, 1.807) is 16.7 Å². The zero-order valence-electron chi connectivity index (χ0n) is 8.15. The molecule has 0 fully saturated rings. The lowest BCUT2D eigenvalue weighted by atomic mass is 10.1. The summed E-state index contributed by atoms with van der Waals surface area (Å²) >= 11 is 0. The molecule has 2 rings (SSSR count). The van der Waals surface area contributed by atoms with Crippen molar-refractivity contribution in [2.75, 3.05) is 6.61 Å². The summed E-state index contributed by atoms with van der Waals surface area (Å²) in [5.41, 5.74) is 1.08. The van der Waals surface area contributed by atoms with E-state index in [-0.39, 0.29) is 18.2 Å². The minimum Gasteiger partial charge on any atom is -0.394 e. The number of aliphatic hydroxyl groups is 1. The first kappa shape index (κ1) is 9.46. The predicted molar refractivity (Wildman–Crippen MR) is 54.4 cm³/mol. The smallest absolute Gasteiger partial charge is 0.251 e. The van der Waals surface area contributed by atoms with Crippen LogP contribution in [0.2, 0.25) is 0 Å². The average molecular weight is 193 g/mol. The van der Waals surface area contributed by atoms with E-state index < -0.39 is 0 Å². The summed E-state index contributed by atoms with van der Waals surface area (Å²) in [5, 5.41) is 9.23. The van der Waals surface area contributed by atoms with Gasteiger partial charge in [-0.3, -0.25) is 4.79 Å². The molecular formula is C11H15NO2. The third kappa shape index (κ3) is 1.60. The highest BCUT2D eigenvalue weighted by Gasteiger charge is 2.17. The van der Waals surface area contributed by atoms with Gasteiger partial charge in [-0.05, 0) is 25.3 Å². The number of hydrogen-bond acceptors (Lipinski definition) is 2. The molecule has 1 aromatic heterocycles.